The van der Waals surface area contributed by atoms with Gasteiger partial charge in [-0.15, -0.1) is 0 Å². The normalized spacial score (nSPS) is 20.6. The quantitative estimate of drug-likeness (QED) is 0.816. The molecule has 2 heterocycles. The predicted octanol–water partition coefficient (Wildman–Crippen LogP) is 1.48. The zero-order chi connectivity index (χ0) is 11.9. The molecule has 0 spiro atoms. The minimum absolute atomic E-state index is 0.456. The van der Waals surface area contributed by atoms with Gasteiger partial charge in [0.15, 0.2) is 5.76 Å². The number of aromatic nitrogens is 1. The number of ether oxygens (including phenoxy) is 2. The molecule has 17 heavy (non-hydrogen) atoms. The van der Waals surface area contributed by atoms with Crippen LogP contribution in [0.2, 0.25) is 0 Å². The molecule has 1 atom stereocenters. The molecule has 1 aliphatic heterocycles. The largest absolute Gasteiger partial charge is 0.377 e. The molecule has 1 N–H and O–H groups in total. The Morgan fingerprint density at radius 2 is 2.41 bits per heavy atom. The van der Waals surface area contributed by atoms with E-state index in [9.17, 15) is 0 Å². The molecule has 1 fully saturated rings. The number of nitrogens with zero attached hydrogens (tertiary/aromatic N) is 1. The van der Waals surface area contributed by atoms with Crippen molar-refractivity contribution < 1.29 is 14.0 Å². The Hall–Kier alpha value is -0.910. The molecule has 1 unspecified atom stereocenters. The Morgan fingerprint density at radius 3 is 3.18 bits per heavy atom. The number of hydrogen-bond acceptors (Lipinski definition) is 5. The van der Waals surface area contributed by atoms with Crippen LogP contribution in [0.1, 0.15) is 30.7 Å². The van der Waals surface area contributed by atoms with Gasteiger partial charge in [0.05, 0.1) is 13.2 Å². The van der Waals surface area contributed by atoms with Gasteiger partial charge >= 0.3 is 0 Å². The summed E-state index contributed by atoms with van der Waals surface area (Å²) in [4.78, 5) is 0. The minimum Gasteiger partial charge on any atom is -0.377 e. The first-order chi connectivity index (χ1) is 8.38. The van der Waals surface area contributed by atoms with Crippen molar-refractivity contribution in [1.82, 2.24) is 10.5 Å². The molecule has 96 valence electrons. The van der Waals surface area contributed by atoms with E-state index in [0.717, 1.165) is 24.6 Å². The summed E-state index contributed by atoms with van der Waals surface area (Å²) in [5.41, 5.74) is 0.827. The van der Waals surface area contributed by atoms with E-state index in [0.29, 0.717) is 19.3 Å². The third kappa shape index (κ3) is 4.11. The van der Waals surface area contributed by atoms with Crippen LogP contribution in [-0.4, -0.2) is 31.5 Å². The molecule has 1 saturated heterocycles. The molecule has 5 heteroatoms. The third-order valence-corrected chi connectivity index (χ3v) is 2.88. The molecule has 1 aromatic rings. The Balaban J connectivity index is 1.66. The van der Waals surface area contributed by atoms with Crippen LogP contribution in [0.4, 0.5) is 0 Å². The van der Waals surface area contributed by atoms with Gasteiger partial charge in [-0.1, -0.05) is 11.6 Å². The van der Waals surface area contributed by atoms with Crippen molar-refractivity contribution in [2.24, 2.45) is 0 Å². The standard InChI is InChI=1S/C12H20N2O3/c1-15-9-12-6-11(14-17-12)8-16-7-10-4-2-3-5-13-10/h6,10,13H,2-5,7-9H2,1H3. The average Bonchev–Trinajstić information content (AvgIpc) is 2.79. The molecule has 0 radical (unpaired) electrons. The lowest BCUT2D eigenvalue weighted by molar-refractivity contribution is 0.0869. The van der Waals surface area contributed by atoms with Crippen LogP contribution in [0.25, 0.3) is 0 Å². The van der Waals surface area contributed by atoms with Crippen molar-refractivity contribution in [3.05, 3.63) is 17.5 Å². The van der Waals surface area contributed by atoms with Gasteiger partial charge in [-0.05, 0) is 19.4 Å². The molecular formula is C12H20N2O3. The lowest BCUT2D eigenvalue weighted by Crippen LogP contribution is -2.37. The monoisotopic (exact) mass is 240 g/mol. The highest BCUT2D eigenvalue weighted by atomic mass is 16.5. The van der Waals surface area contributed by atoms with E-state index in [1.807, 2.05) is 6.07 Å². The fourth-order valence-corrected chi connectivity index (χ4v) is 2.01. The first kappa shape index (κ1) is 12.5. The molecule has 1 aliphatic rings. The van der Waals surface area contributed by atoms with E-state index in [1.54, 1.807) is 7.11 Å². The molecule has 0 amide bonds. The number of piperidine rings is 1. The van der Waals surface area contributed by atoms with E-state index in [4.69, 9.17) is 14.0 Å². The third-order valence-electron chi connectivity index (χ3n) is 2.88. The SMILES string of the molecule is COCc1cc(COCC2CCCCN2)no1. The van der Waals surface area contributed by atoms with Gasteiger partial charge in [0.2, 0.25) is 0 Å². The van der Waals surface area contributed by atoms with E-state index >= 15 is 0 Å². The molecule has 0 saturated carbocycles. The van der Waals surface area contributed by atoms with Crippen LogP contribution < -0.4 is 5.32 Å². The summed E-state index contributed by atoms with van der Waals surface area (Å²) in [7, 11) is 1.63. The summed E-state index contributed by atoms with van der Waals surface area (Å²) in [6.45, 7) is 2.81. The van der Waals surface area contributed by atoms with Crippen molar-refractivity contribution >= 4 is 0 Å². The smallest absolute Gasteiger partial charge is 0.162 e. The molecule has 1 aromatic heterocycles. The second-order valence-corrected chi connectivity index (χ2v) is 4.38. The van der Waals surface area contributed by atoms with E-state index < -0.39 is 0 Å². The molecule has 0 bridgehead atoms. The highest BCUT2D eigenvalue weighted by molar-refractivity contribution is 5.03. The van der Waals surface area contributed by atoms with Crippen LogP contribution >= 0.6 is 0 Å². The molecular weight excluding hydrogens is 220 g/mol. The number of methoxy groups -OCH3 is 1. The zero-order valence-corrected chi connectivity index (χ0v) is 10.3. The lowest BCUT2D eigenvalue weighted by Gasteiger charge is -2.22. The Labute approximate surface area is 101 Å². The van der Waals surface area contributed by atoms with Crippen molar-refractivity contribution in [3.63, 3.8) is 0 Å². The zero-order valence-electron chi connectivity index (χ0n) is 10.3. The van der Waals surface area contributed by atoms with Crippen molar-refractivity contribution in [1.29, 1.82) is 0 Å². The van der Waals surface area contributed by atoms with Crippen LogP contribution in [0.5, 0.6) is 0 Å². The number of hydrogen-bond donors (Lipinski definition) is 1. The summed E-state index contributed by atoms with van der Waals surface area (Å²) < 4.78 is 15.7. The maximum absolute atomic E-state index is 5.62. The van der Waals surface area contributed by atoms with Crippen LogP contribution in [0.3, 0.4) is 0 Å². The lowest BCUT2D eigenvalue weighted by atomic mass is 10.1. The maximum atomic E-state index is 5.62. The van der Waals surface area contributed by atoms with Gasteiger partial charge in [0, 0.05) is 19.2 Å². The van der Waals surface area contributed by atoms with E-state index in [2.05, 4.69) is 10.5 Å². The molecule has 2 rings (SSSR count). The summed E-state index contributed by atoms with van der Waals surface area (Å²) in [5.74, 6) is 0.738. The highest BCUT2D eigenvalue weighted by Crippen LogP contribution is 2.09. The van der Waals surface area contributed by atoms with Crippen molar-refractivity contribution in [3.8, 4) is 0 Å². The second-order valence-electron chi connectivity index (χ2n) is 4.38. The summed E-state index contributed by atoms with van der Waals surface area (Å²) in [5, 5.41) is 7.36. The second kappa shape index (κ2) is 6.74. The Morgan fingerprint density at radius 1 is 1.47 bits per heavy atom. The highest BCUT2D eigenvalue weighted by Gasteiger charge is 2.12. The first-order valence-electron chi connectivity index (χ1n) is 6.13. The molecule has 5 nitrogen and oxygen atoms in total. The number of rotatable bonds is 6. The number of nitrogens with one attached hydrogen (secondary N) is 1. The van der Waals surface area contributed by atoms with Gasteiger partial charge in [-0.2, -0.15) is 0 Å². The molecule has 0 aromatic carbocycles. The van der Waals surface area contributed by atoms with Crippen molar-refractivity contribution in [2.45, 2.75) is 38.5 Å². The van der Waals surface area contributed by atoms with Gasteiger partial charge in [0.1, 0.15) is 12.3 Å². The first-order valence-corrected chi connectivity index (χ1v) is 6.13. The van der Waals surface area contributed by atoms with Crippen LogP contribution in [0, 0.1) is 0 Å². The summed E-state index contributed by atoms with van der Waals surface area (Å²) >= 11 is 0. The topological polar surface area (TPSA) is 56.5 Å². The maximum Gasteiger partial charge on any atom is 0.162 e. The van der Waals surface area contributed by atoms with Crippen LogP contribution in [-0.2, 0) is 22.7 Å². The fourth-order valence-electron chi connectivity index (χ4n) is 2.01. The fraction of sp³-hybridized carbons (Fsp3) is 0.750. The van der Waals surface area contributed by atoms with Gasteiger partial charge in [-0.3, -0.25) is 0 Å². The minimum atomic E-state index is 0.456. The molecule has 0 aliphatic carbocycles. The Bertz CT molecular complexity index is 321. The van der Waals surface area contributed by atoms with Crippen molar-refractivity contribution in [2.75, 3.05) is 20.3 Å². The summed E-state index contributed by atoms with van der Waals surface area (Å²) in [6, 6.07) is 2.37. The van der Waals surface area contributed by atoms with E-state index in [1.165, 1.54) is 19.3 Å². The van der Waals surface area contributed by atoms with Gasteiger partial charge < -0.3 is 19.3 Å². The summed E-state index contributed by atoms with van der Waals surface area (Å²) in [6.07, 6.45) is 3.77. The Kier molecular flexibility index (Phi) is 4.97. The van der Waals surface area contributed by atoms with Gasteiger partial charge in [0.25, 0.3) is 0 Å². The van der Waals surface area contributed by atoms with E-state index in [-0.39, 0.29) is 0 Å². The predicted molar refractivity (Wildman–Crippen MR) is 62.5 cm³/mol. The van der Waals surface area contributed by atoms with Gasteiger partial charge in [-0.25, -0.2) is 0 Å². The van der Waals surface area contributed by atoms with Crippen LogP contribution in [0.15, 0.2) is 10.6 Å². The average molecular weight is 240 g/mol.